The number of ether oxygens (including phenoxy) is 1. The van der Waals surface area contributed by atoms with E-state index in [-0.39, 0.29) is 11.8 Å². The molecule has 28 heavy (non-hydrogen) atoms. The van der Waals surface area contributed by atoms with Crippen molar-refractivity contribution in [3.05, 3.63) is 51.7 Å². The second-order valence-corrected chi connectivity index (χ2v) is 8.28. The molecular formula is C22H28N2O3S. The van der Waals surface area contributed by atoms with E-state index in [9.17, 15) is 9.59 Å². The van der Waals surface area contributed by atoms with Gasteiger partial charge >= 0.3 is 0 Å². The molecule has 1 aromatic carbocycles. The molecule has 1 aliphatic rings. The van der Waals surface area contributed by atoms with E-state index in [1.165, 1.54) is 11.3 Å². The van der Waals surface area contributed by atoms with Crippen LogP contribution >= 0.6 is 11.3 Å². The van der Waals surface area contributed by atoms with Gasteiger partial charge in [0.05, 0.1) is 12.0 Å². The number of methoxy groups -OCH3 is 1. The van der Waals surface area contributed by atoms with Gasteiger partial charge in [0, 0.05) is 26.1 Å². The number of thiophene rings is 1. The van der Waals surface area contributed by atoms with E-state index < -0.39 is 0 Å². The summed E-state index contributed by atoms with van der Waals surface area (Å²) in [5.41, 5.74) is 2.07. The summed E-state index contributed by atoms with van der Waals surface area (Å²) >= 11 is 1.51. The summed E-state index contributed by atoms with van der Waals surface area (Å²) in [6.45, 7) is 4.05. The highest BCUT2D eigenvalue weighted by atomic mass is 32.1. The minimum Gasteiger partial charge on any atom is -0.497 e. The fourth-order valence-corrected chi connectivity index (χ4v) is 4.52. The Morgan fingerprint density at radius 3 is 2.93 bits per heavy atom. The summed E-state index contributed by atoms with van der Waals surface area (Å²) in [6.07, 6.45) is 3.40. The van der Waals surface area contributed by atoms with Gasteiger partial charge < -0.3 is 15.0 Å². The summed E-state index contributed by atoms with van der Waals surface area (Å²) in [7, 11) is 1.63. The number of amides is 2. The van der Waals surface area contributed by atoms with Crippen LogP contribution in [-0.4, -0.2) is 36.9 Å². The lowest BCUT2D eigenvalue weighted by Crippen LogP contribution is -2.40. The first-order valence-electron chi connectivity index (χ1n) is 9.80. The van der Waals surface area contributed by atoms with Crippen LogP contribution in [0.1, 0.15) is 46.5 Å². The van der Waals surface area contributed by atoms with Crippen LogP contribution in [0.3, 0.4) is 0 Å². The third kappa shape index (κ3) is 5.35. The maximum Gasteiger partial charge on any atom is 0.264 e. The Morgan fingerprint density at radius 1 is 1.32 bits per heavy atom. The van der Waals surface area contributed by atoms with Crippen molar-refractivity contribution in [2.45, 2.75) is 39.2 Å². The molecule has 0 aliphatic carbocycles. The molecule has 0 radical (unpaired) electrons. The number of nitrogens with zero attached hydrogens (tertiary/aromatic N) is 1. The topological polar surface area (TPSA) is 58.6 Å². The number of hydrogen-bond donors (Lipinski definition) is 1. The first-order valence-corrected chi connectivity index (χ1v) is 10.7. The Morgan fingerprint density at radius 2 is 2.18 bits per heavy atom. The van der Waals surface area contributed by atoms with Crippen LogP contribution in [0.2, 0.25) is 0 Å². The number of carbonyl (C=O) groups excluding carboxylic acids is 2. The van der Waals surface area contributed by atoms with Gasteiger partial charge in [-0.1, -0.05) is 12.1 Å². The molecule has 1 atom stereocenters. The number of carbonyl (C=O) groups is 2. The number of benzene rings is 1. The molecule has 2 amide bonds. The van der Waals surface area contributed by atoms with Crippen LogP contribution in [0.5, 0.6) is 5.75 Å². The van der Waals surface area contributed by atoms with Gasteiger partial charge in [-0.2, -0.15) is 0 Å². The Hall–Kier alpha value is -2.34. The zero-order valence-electron chi connectivity index (χ0n) is 16.6. The van der Waals surface area contributed by atoms with Gasteiger partial charge in [-0.25, -0.2) is 0 Å². The van der Waals surface area contributed by atoms with Crippen molar-refractivity contribution >= 4 is 23.2 Å². The highest BCUT2D eigenvalue weighted by Gasteiger charge is 2.26. The fourth-order valence-electron chi connectivity index (χ4n) is 3.63. The van der Waals surface area contributed by atoms with E-state index in [4.69, 9.17) is 4.74 Å². The molecule has 2 heterocycles. The Kier molecular flexibility index (Phi) is 7.09. The minimum absolute atomic E-state index is 0.0559. The van der Waals surface area contributed by atoms with E-state index in [0.717, 1.165) is 54.1 Å². The third-order valence-corrected chi connectivity index (χ3v) is 6.27. The number of likely N-dealkylation sites (tertiary alicyclic amines) is 1. The predicted octanol–water partition coefficient (Wildman–Crippen LogP) is 4.01. The molecule has 3 rings (SSSR count). The van der Waals surface area contributed by atoms with Crippen molar-refractivity contribution in [2.75, 3.05) is 20.2 Å². The molecule has 6 heteroatoms. The van der Waals surface area contributed by atoms with E-state index in [1.807, 2.05) is 47.5 Å². The highest BCUT2D eigenvalue weighted by molar-refractivity contribution is 7.12. The van der Waals surface area contributed by atoms with Gasteiger partial charge in [0.25, 0.3) is 5.91 Å². The number of piperidine rings is 1. The molecule has 2 aromatic rings. The normalized spacial score (nSPS) is 16.6. The smallest absolute Gasteiger partial charge is 0.264 e. The average Bonchev–Trinajstić information content (AvgIpc) is 3.16. The standard InChI is InChI=1S/C22H28N2O3S/c1-16-10-12-28-21(16)22(26)24-11-4-6-17(15-24)8-9-20(25)23-14-18-5-3-7-19(13-18)27-2/h3,5,7,10,12-13,17H,4,6,8-9,11,14-15H2,1-2H3,(H,23,25)/t17-/m1/s1. The largest absolute Gasteiger partial charge is 0.497 e. The van der Waals surface area contributed by atoms with Crippen molar-refractivity contribution in [1.29, 1.82) is 0 Å². The second-order valence-electron chi connectivity index (χ2n) is 7.36. The van der Waals surface area contributed by atoms with Crippen LogP contribution in [0.15, 0.2) is 35.7 Å². The number of nitrogens with one attached hydrogen (secondary N) is 1. The lowest BCUT2D eigenvalue weighted by molar-refractivity contribution is -0.121. The van der Waals surface area contributed by atoms with Crippen molar-refractivity contribution < 1.29 is 14.3 Å². The lowest BCUT2D eigenvalue weighted by Gasteiger charge is -2.32. The first-order chi connectivity index (χ1) is 13.6. The van der Waals surface area contributed by atoms with Gasteiger partial charge in [0.15, 0.2) is 0 Å². The molecule has 0 bridgehead atoms. The van der Waals surface area contributed by atoms with Crippen molar-refractivity contribution in [2.24, 2.45) is 5.92 Å². The molecule has 5 nitrogen and oxygen atoms in total. The van der Waals surface area contributed by atoms with Crippen LogP contribution in [0.4, 0.5) is 0 Å². The zero-order valence-corrected chi connectivity index (χ0v) is 17.4. The molecule has 1 aromatic heterocycles. The number of hydrogen-bond acceptors (Lipinski definition) is 4. The Labute approximate surface area is 170 Å². The van der Waals surface area contributed by atoms with E-state index >= 15 is 0 Å². The second kappa shape index (κ2) is 9.73. The highest BCUT2D eigenvalue weighted by Crippen LogP contribution is 2.25. The van der Waals surface area contributed by atoms with Gasteiger partial charge in [0.1, 0.15) is 5.75 Å². The zero-order chi connectivity index (χ0) is 19.9. The molecule has 1 N–H and O–H groups in total. The molecule has 1 aliphatic heterocycles. The minimum atomic E-state index is 0.0559. The Balaban J connectivity index is 1.44. The molecule has 0 saturated carbocycles. The number of aryl methyl sites for hydroxylation is 1. The van der Waals surface area contributed by atoms with Gasteiger partial charge in [-0.05, 0) is 66.8 Å². The SMILES string of the molecule is COc1cccc(CNC(=O)CC[C@H]2CCCN(C(=O)c3sccc3C)C2)c1. The summed E-state index contributed by atoms with van der Waals surface area (Å²) in [4.78, 5) is 27.8. The monoisotopic (exact) mass is 400 g/mol. The van der Waals surface area contributed by atoms with Crippen molar-refractivity contribution in [3.8, 4) is 5.75 Å². The molecule has 0 unspecified atom stereocenters. The maximum absolute atomic E-state index is 12.7. The summed E-state index contributed by atoms with van der Waals surface area (Å²) in [6, 6.07) is 9.70. The molecule has 150 valence electrons. The molecule has 0 spiro atoms. The predicted molar refractivity (Wildman–Crippen MR) is 112 cm³/mol. The summed E-state index contributed by atoms with van der Waals surface area (Å²) in [5, 5.41) is 4.95. The quantitative estimate of drug-likeness (QED) is 0.764. The first kappa shape index (κ1) is 20.4. The van der Waals surface area contributed by atoms with Crippen LogP contribution in [0, 0.1) is 12.8 Å². The Bertz CT molecular complexity index is 818. The van der Waals surface area contributed by atoms with E-state index in [1.54, 1.807) is 7.11 Å². The van der Waals surface area contributed by atoms with Gasteiger partial charge in [-0.15, -0.1) is 11.3 Å². The van der Waals surface area contributed by atoms with Gasteiger partial charge in [0.2, 0.25) is 5.91 Å². The summed E-state index contributed by atoms with van der Waals surface area (Å²) in [5.74, 6) is 1.38. The van der Waals surface area contributed by atoms with Crippen LogP contribution < -0.4 is 10.1 Å². The van der Waals surface area contributed by atoms with Crippen LogP contribution in [0.25, 0.3) is 0 Å². The molecule has 1 fully saturated rings. The van der Waals surface area contributed by atoms with Gasteiger partial charge in [-0.3, -0.25) is 9.59 Å². The number of rotatable bonds is 7. The summed E-state index contributed by atoms with van der Waals surface area (Å²) < 4.78 is 5.21. The average molecular weight is 401 g/mol. The lowest BCUT2D eigenvalue weighted by atomic mass is 9.93. The fraction of sp³-hybridized carbons (Fsp3) is 0.455. The van der Waals surface area contributed by atoms with E-state index in [2.05, 4.69) is 5.32 Å². The molecule has 1 saturated heterocycles. The maximum atomic E-state index is 12.7. The van der Waals surface area contributed by atoms with Crippen molar-refractivity contribution in [1.82, 2.24) is 10.2 Å². The molecular weight excluding hydrogens is 372 g/mol. The van der Waals surface area contributed by atoms with Crippen LogP contribution in [-0.2, 0) is 11.3 Å². The van der Waals surface area contributed by atoms with E-state index in [0.29, 0.717) is 18.9 Å². The van der Waals surface area contributed by atoms with Crippen molar-refractivity contribution in [3.63, 3.8) is 0 Å². The third-order valence-electron chi connectivity index (χ3n) is 5.27.